The molecule has 0 fully saturated rings. The summed E-state index contributed by atoms with van der Waals surface area (Å²) in [6.07, 6.45) is 0. The van der Waals surface area contributed by atoms with E-state index in [0.717, 1.165) is 0 Å². The minimum Gasteiger partial charge on any atom is -0.263 e. The van der Waals surface area contributed by atoms with Gasteiger partial charge in [0.25, 0.3) is 0 Å². The maximum atomic E-state index is 3.00. The summed E-state index contributed by atoms with van der Waals surface area (Å²) in [4.78, 5) is 1.25. The van der Waals surface area contributed by atoms with E-state index in [1.54, 1.807) is 11.9 Å². The lowest BCUT2D eigenvalue weighted by Crippen LogP contribution is -1.89. The van der Waals surface area contributed by atoms with Crippen LogP contribution in [0.2, 0.25) is 0 Å². The molecule has 0 heterocycles. The third kappa shape index (κ3) is 4.65. The second kappa shape index (κ2) is 7.38. The molecule has 0 aliphatic carbocycles. The maximum Gasteiger partial charge on any atom is 0.0227 e. The fraction of sp³-hybridized carbons (Fsp3) is 0.111. The monoisotopic (exact) mass is 167 g/mol. The molecule has 1 aromatic rings. The number of benzene rings is 1. The first-order valence-electron chi connectivity index (χ1n) is 3.32. The average Bonchev–Trinajstić information content (AvgIpc) is 2.11. The SMILES string of the molecule is C=C.CNSc1ccccc1. The van der Waals surface area contributed by atoms with Crippen molar-refractivity contribution in [2.24, 2.45) is 0 Å². The first-order valence-corrected chi connectivity index (χ1v) is 4.14. The summed E-state index contributed by atoms with van der Waals surface area (Å²) in [5.74, 6) is 0. The second-order valence-corrected chi connectivity index (χ2v) is 2.70. The van der Waals surface area contributed by atoms with Crippen molar-refractivity contribution in [1.82, 2.24) is 4.72 Å². The van der Waals surface area contributed by atoms with E-state index in [2.05, 4.69) is 30.0 Å². The van der Waals surface area contributed by atoms with E-state index < -0.39 is 0 Å². The van der Waals surface area contributed by atoms with Gasteiger partial charge in [-0.2, -0.15) is 0 Å². The molecule has 0 unspecified atom stereocenters. The van der Waals surface area contributed by atoms with Gasteiger partial charge in [-0.15, -0.1) is 13.2 Å². The van der Waals surface area contributed by atoms with E-state index in [0.29, 0.717) is 0 Å². The summed E-state index contributed by atoms with van der Waals surface area (Å²) < 4.78 is 3.00. The Balaban J connectivity index is 0.000000461. The van der Waals surface area contributed by atoms with Gasteiger partial charge < -0.3 is 0 Å². The molecule has 2 heteroatoms. The average molecular weight is 167 g/mol. The first kappa shape index (κ1) is 10.3. The molecule has 0 aromatic heterocycles. The zero-order valence-electron chi connectivity index (χ0n) is 6.71. The third-order valence-corrected chi connectivity index (χ3v) is 1.68. The van der Waals surface area contributed by atoms with E-state index in [1.165, 1.54) is 4.90 Å². The molecule has 0 spiro atoms. The lowest BCUT2D eigenvalue weighted by Gasteiger charge is -1.94. The Morgan fingerprint density at radius 3 is 2.18 bits per heavy atom. The van der Waals surface area contributed by atoms with Crippen molar-refractivity contribution in [2.45, 2.75) is 4.90 Å². The predicted octanol–water partition coefficient (Wildman–Crippen LogP) is 2.72. The minimum atomic E-state index is 1.25. The van der Waals surface area contributed by atoms with E-state index in [4.69, 9.17) is 0 Å². The molecular weight excluding hydrogens is 154 g/mol. The van der Waals surface area contributed by atoms with Crippen molar-refractivity contribution < 1.29 is 0 Å². The Kier molecular flexibility index (Phi) is 6.89. The van der Waals surface area contributed by atoms with Gasteiger partial charge in [0.1, 0.15) is 0 Å². The Bertz CT molecular complexity index is 174. The Morgan fingerprint density at radius 2 is 1.73 bits per heavy atom. The van der Waals surface area contributed by atoms with E-state index in [9.17, 15) is 0 Å². The molecule has 0 amide bonds. The van der Waals surface area contributed by atoms with Crippen LogP contribution < -0.4 is 4.72 Å². The van der Waals surface area contributed by atoms with Crippen LogP contribution in [0, 0.1) is 0 Å². The predicted molar refractivity (Wildman–Crippen MR) is 52.6 cm³/mol. The van der Waals surface area contributed by atoms with Crippen LogP contribution in [0.5, 0.6) is 0 Å². The second-order valence-electron chi connectivity index (χ2n) is 1.62. The molecule has 0 saturated heterocycles. The van der Waals surface area contributed by atoms with Crippen LogP contribution in [-0.2, 0) is 0 Å². The molecular formula is C9H13NS. The number of rotatable bonds is 2. The van der Waals surface area contributed by atoms with Crippen molar-refractivity contribution in [3.63, 3.8) is 0 Å². The molecule has 0 aliphatic rings. The zero-order chi connectivity index (χ0) is 8.53. The quantitative estimate of drug-likeness (QED) is 0.537. The van der Waals surface area contributed by atoms with Crippen LogP contribution in [0.25, 0.3) is 0 Å². The molecule has 0 atom stereocenters. The summed E-state index contributed by atoms with van der Waals surface area (Å²) in [6.45, 7) is 6.00. The van der Waals surface area contributed by atoms with Crippen molar-refractivity contribution >= 4 is 11.9 Å². The molecule has 1 N–H and O–H groups in total. The van der Waals surface area contributed by atoms with E-state index in [1.807, 2.05) is 25.2 Å². The summed E-state index contributed by atoms with van der Waals surface area (Å²) in [5, 5.41) is 0. The van der Waals surface area contributed by atoms with Crippen molar-refractivity contribution in [1.29, 1.82) is 0 Å². The fourth-order valence-electron chi connectivity index (χ4n) is 0.606. The normalized spacial score (nSPS) is 8.09. The van der Waals surface area contributed by atoms with Gasteiger partial charge in [0.15, 0.2) is 0 Å². The van der Waals surface area contributed by atoms with E-state index >= 15 is 0 Å². The zero-order valence-corrected chi connectivity index (χ0v) is 7.53. The highest BCUT2D eigenvalue weighted by Gasteiger charge is 1.84. The number of hydrogen-bond acceptors (Lipinski definition) is 2. The van der Waals surface area contributed by atoms with Gasteiger partial charge in [-0.05, 0) is 31.1 Å². The van der Waals surface area contributed by atoms with Crippen LogP contribution in [0.4, 0.5) is 0 Å². The van der Waals surface area contributed by atoms with Crippen LogP contribution in [0.1, 0.15) is 0 Å². The van der Waals surface area contributed by atoms with Crippen LogP contribution >= 0.6 is 11.9 Å². The Morgan fingerprint density at radius 1 is 1.18 bits per heavy atom. The molecule has 0 radical (unpaired) electrons. The van der Waals surface area contributed by atoms with Gasteiger partial charge in [0.05, 0.1) is 0 Å². The van der Waals surface area contributed by atoms with Gasteiger partial charge in [0, 0.05) is 4.90 Å². The van der Waals surface area contributed by atoms with Gasteiger partial charge in [-0.3, -0.25) is 4.72 Å². The van der Waals surface area contributed by atoms with Gasteiger partial charge in [0.2, 0.25) is 0 Å². The highest BCUT2D eigenvalue weighted by Crippen LogP contribution is 2.11. The number of hydrogen-bond donors (Lipinski definition) is 1. The molecule has 1 rings (SSSR count). The largest absolute Gasteiger partial charge is 0.263 e. The smallest absolute Gasteiger partial charge is 0.0227 e. The van der Waals surface area contributed by atoms with Crippen molar-refractivity contribution in [2.75, 3.05) is 7.05 Å². The summed E-state index contributed by atoms with van der Waals surface area (Å²) >= 11 is 1.63. The molecule has 0 aliphatic heterocycles. The highest BCUT2D eigenvalue weighted by molar-refractivity contribution is 7.97. The fourth-order valence-corrected chi connectivity index (χ4v) is 1.14. The van der Waals surface area contributed by atoms with Gasteiger partial charge >= 0.3 is 0 Å². The lowest BCUT2D eigenvalue weighted by atomic mass is 10.4. The summed E-state index contributed by atoms with van der Waals surface area (Å²) in [7, 11) is 1.91. The highest BCUT2D eigenvalue weighted by atomic mass is 32.2. The van der Waals surface area contributed by atoms with Crippen molar-refractivity contribution in [3.05, 3.63) is 43.5 Å². The molecule has 60 valence electrons. The van der Waals surface area contributed by atoms with Crippen LogP contribution in [0.15, 0.2) is 48.4 Å². The Hall–Kier alpha value is -0.730. The van der Waals surface area contributed by atoms with Gasteiger partial charge in [-0.1, -0.05) is 18.2 Å². The molecule has 1 aromatic carbocycles. The standard InChI is InChI=1S/C7H9NS.C2H4/c1-8-9-7-5-3-2-4-6-7;1-2/h2-6,8H,1H3;1-2H2. The first-order chi connectivity index (χ1) is 5.43. The van der Waals surface area contributed by atoms with Crippen molar-refractivity contribution in [3.8, 4) is 0 Å². The van der Waals surface area contributed by atoms with Gasteiger partial charge in [-0.25, -0.2) is 0 Å². The topological polar surface area (TPSA) is 12.0 Å². The summed E-state index contributed by atoms with van der Waals surface area (Å²) in [5.41, 5.74) is 0. The minimum absolute atomic E-state index is 1.25. The molecule has 0 bridgehead atoms. The maximum absolute atomic E-state index is 3.00. The molecule has 0 saturated carbocycles. The Labute approximate surface area is 72.7 Å². The van der Waals surface area contributed by atoms with E-state index in [-0.39, 0.29) is 0 Å². The summed E-state index contributed by atoms with van der Waals surface area (Å²) in [6, 6.07) is 10.2. The molecule has 1 nitrogen and oxygen atoms in total. The van der Waals surface area contributed by atoms with Crippen LogP contribution in [0.3, 0.4) is 0 Å². The lowest BCUT2D eigenvalue weighted by molar-refractivity contribution is 1.28. The number of nitrogens with one attached hydrogen (secondary N) is 1. The molecule has 11 heavy (non-hydrogen) atoms. The van der Waals surface area contributed by atoms with Crippen LogP contribution in [-0.4, -0.2) is 7.05 Å². The third-order valence-electron chi connectivity index (χ3n) is 0.963.